The van der Waals surface area contributed by atoms with E-state index >= 15 is 0 Å². The topological polar surface area (TPSA) is 35.5 Å². The fourth-order valence-electron chi connectivity index (χ4n) is 0.956. The van der Waals surface area contributed by atoms with E-state index in [4.69, 9.17) is 9.05 Å². The van der Waals surface area contributed by atoms with Gasteiger partial charge in [0.05, 0.1) is 13.2 Å². The summed E-state index contributed by atoms with van der Waals surface area (Å²) in [7, 11) is 0. The minimum Gasteiger partial charge on any atom is -0.301 e. The zero-order valence-corrected chi connectivity index (χ0v) is 11.0. The lowest BCUT2D eigenvalue weighted by molar-refractivity contribution is 0.224. The van der Waals surface area contributed by atoms with Crippen LogP contribution in [0.25, 0.3) is 0 Å². The highest BCUT2D eigenvalue weighted by molar-refractivity contribution is 8.55. The molecule has 3 nitrogen and oxygen atoms in total. The van der Waals surface area contributed by atoms with Gasteiger partial charge >= 0.3 is 6.80 Å². The standard InChI is InChI=1S/C9H21O3PS/c1-4-7-8-9-12-13(10,11-5-2)14-6-3/h4-9H2,1-3H3. The summed E-state index contributed by atoms with van der Waals surface area (Å²) in [5.74, 6) is 0.755. The highest BCUT2D eigenvalue weighted by Gasteiger charge is 2.23. The summed E-state index contributed by atoms with van der Waals surface area (Å²) in [5.41, 5.74) is 0. The van der Waals surface area contributed by atoms with Gasteiger partial charge in [-0.1, -0.05) is 26.7 Å². The van der Waals surface area contributed by atoms with Gasteiger partial charge in [0.25, 0.3) is 0 Å². The van der Waals surface area contributed by atoms with Gasteiger partial charge in [0.15, 0.2) is 0 Å². The monoisotopic (exact) mass is 240 g/mol. The molecule has 0 saturated carbocycles. The Morgan fingerprint density at radius 2 is 1.86 bits per heavy atom. The van der Waals surface area contributed by atoms with E-state index in [9.17, 15) is 4.57 Å². The normalized spacial score (nSPS) is 15.4. The molecule has 0 heterocycles. The summed E-state index contributed by atoms with van der Waals surface area (Å²) < 4.78 is 22.4. The maximum atomic E-state index is 11.9. The molecule has 0 bridgehead atoms. The van der Waals surface area contributed by atoms with E-state index in [0.717, 1.165) is 25.0 Å². The summed E-state index contributed by atoms with van der Waals surface area (Å²) in [4.78, 5) is 0. The van der Waals surface area contributed by atoms with Crippen LogP contribution < -0.4 is 0 Å². The molecule has 0 aliphatic heterocycles. The summed E-state index contributed by atoms with van der Waals surface area (Å²) in [6.45, 7) is 4.05. The maximum absolute atomic E-state index is 11.9. The van der Waals surface area contributed by atoms with Crippen molar-refractivity contribution in [2.45, 2.75) is 40.0 Å². The predicted molar refractivity (Wildman–Crippen MR) is 62.8 cm³/mol. The summed E-state index contributed by atoms with van der Waals surface area (Å²) in [5, 5.41) is 0. The van der Waals surface area contributed by atoms with E-state index in [2.05, 4.69) is 6.92 Å². The molecule has 0 saturated heterocycles. The fourth-order valence-corrected chi connectivity index (χ4v) is 4.10. The van der Waals surface area contributed by atoms with Crippen molar-refractivity contribution in [3.63, 3.8) is 0 Å². The van der Waals surface area contributed by atoms with Crippen LogP contribution in [0.15, 0.2) is 0 Å². The van der Waals surface area contributed by atoms with E-state index < -0.39 is 6.80 Å². The number of rotatable bonds is 9. The van der Waals surface area contributed by atoms with Crippen molar-refractivity contribution in [2.24, 2.45) is 0 Å². The molecule has 0 radical (unpaired) electrons. The van der Waals surface area contributed by atoms with E-state index in [1.807, 2.05) is 13.8 Å². The molecule has 86 valence electrons. The van der Waals surface area contributed by atoms with E-state index in [-0.39, 0.29) is 0 Å². The number of hydrogen-bond donors (Lipinski definition) is 0. The van der Waals surface area contributed by atoms with Crippen molar-refractivity contribution in [3.05, 3.63) is 0 Å². The average Bonchev–Trinajstić information content (AvgIpc) is 2.13. The van der Waals surface area contributed by atoms with Crippen LogP contribution >= 0.6 is 18.2 Å². The average molecular weight is 240 g/mol. The first-order chi connectivity index (χ1) is 6.68. The minimum absolute atomic E-state index is 0.443. The summed E-state index contributed by atoms with van der Waals surface area (Å²) in [6, 6.07) is 0. The van der Waals surface area contributed by atoms with Gasteiger partial charge in [0, 0.05) is 5.75 Å². The Labute approximate surface area is 91.2 Å². The van der Waals surface area contributed by atoms with Crippen LogP contribution in [0.3, 0.4) is 0 Å². The lowest BCUT2D eigenvalue weighted by Crippen LogP contribution is -1.95. The first-order valence-electron chi connectivity index (χ1n) is 5.22. The maximum Gasteiger partial charge on any atom is 0.389 e. The fraction of sp³-hybridized carbons (Fsp3) is 1.00. The van der Waals surface area contributed by atoms with Gasteiger partial charge in [-0.25, -0.2) is 4.57 Å². The van der Waals surface area contributed by atoms with Gasteiger partial charge in [-0.15, -0.1) is 0 Å². The molecule has 0 aromatic heterocycles. The van der Waals surface area contributed by atoms with Crippen molar-refractivity contribution < 1.29 is 13.6 Å². The van der Waals surface area contributed by atoms with Gasteiger partial charge in [-0.3, -0.25) is 0 Å². The molecule has 0 rings (SSSR count). The summed E-state index contributed by atoms with van der Waals surface area (Å²) in [6.07, 6.45) is 3.21. The SMILES string of the molecule is CCCCCOP(=O)(OCC)SCC. The van der Waals surface area contributed by atoms with Crippen molar-refractivity contribution in [1.29, 1.82) is 0 Å². The first kappa shape index (κ1) is 14.5. The van der Waals surface area contributed by atoms with Crippen LogP contribution in [-0.2, 0) is 13.6 Å². The third-order valence-corrected chi connectivity index (χ3v) is 5.58. The van der Waals surface area contributed by atoms with Crippen molar-refractivity contribution >= 4 is 18.2 Å². The third-order valence-electron chi connectivity index (χ3n) is 1.57. The van der Waals surface area contributed by atoms with Crippen molar-refractivity contribution in [2.75, 3.05) is 19.0 Å². The zero-order valence-electron chi connectivity index (χ0n) is 9.32. The summed E-state index contributed by atoms with van der Waals surface area (Å²) >= 11 is 1.27. The Morgan fingerprint density at radius 3 is 2.36 bits per heavy atom. The molecule has 0 N–H and O–H groups in total. The molecule has 0 spiro atoms. The van der Waals surface area contributed by atoms with Crippen LogP contribution in [0.4, 0.5) is 0 Å². The molecule has 14 heavy (non-hydrogen) atoms. The van der Waals surface area contributed by atoms with Crippen LogP contribution in [-0.4, -0.2) is 19.0 Å². The van der Waals surface area contributed by atoms with Crippen molar-refractivity contribution in [3.8, 4) is 0 Å². The highest BCUT2D eigenvalue weighted by Crippen LogP contribution is 2.60. The number of unbranched alkanes of at least 4 members (excludes halogenated alkanes) is 2. The first-order valence-corrected chi connectivity index (χ1v) is 8.35. The molecular weight excluding hydrogens is 219 g/mol. The van der Waals surface area contributed by atoms with Crippen LogP contribution in [0, 0.1) is 0 Å². The lowest BCUT2D eigenvalue weighted by Gasteiger charge is -2.15. The smallest absolute Gasteiger partial charge is 0.301 e. The van der Waals surface area contributed by atoms with Crippen LogP contribution in [0.1, 0.15) is 40.0 Å². The van der Waals surface area contributed by atoms with Crippen LogP contribution in [0.5, 0.6) is 0 Å². The Morgan fingerprint density at radius 1 is 1.14 bits per heavy atom. The molecule has 1 unspecified atom stereocenters. The van der Waals surface area contributed by atoms with Gasteiger partial charge in [0.2, 0.25) is 0 Å². The molecule has 0 amide bonds. The van der Waals surface area contributed by atoms with Gasteiger partial charge in [-0.2, -0.15) is 0 Å². The second-order valence-electron chi connectivity index (χ2n) is 2.82. The minimum atomic E-state index is -2.84. The van der Waals surface area contributed by atoms with E-state index in [0.29, 0.717) is 13.2 Å². The predicted octanol–water partition coefficient (Wildman–Crippen LogP) is 4.09. The lowest BCUT2D eigenvalue weighted by atomic mass is 10.3. The molecular formula is C9H21O3PS. The van der Waals surface area contributed by atoms with Crippen LogP contribution in [0.2, 0.25) is 0 Å². The van der Waals surface area contributed by atoms with Gasteiger partial charge < -0.3 is 9.05 Å². The Bertz CT molecular complexity index is 165. The Balaban J connectivity index is 3.78. The van der Waals surface area contributed by atoms with Gasteiger partial charge in [-0.05, 0) is 24.7 Å². The van der Waals surface area contributed by atoms with E-state index in [1.165, 1.54) is 11.4 Å². The Kier molecular flexibility index (Phi) is 9.09. The molecule has 0 aromatic rings. The second kappa shape index (κ2) is 8.78. The zero-order chi connectivity index (χ0) is 10.9. The third kappa shape index (κ3) is 6.88. The second-order valence-corrected chi connectivity index (χ2v) is 7.19. The van der Waals surface area contributed by atoms with Crippen molar-refractivity contribution in [1.82, 2.24) is 0 Å². The Hall–Kier alpha value is 0.500. The molecule has 0 fully saturated rings. The molecule has 0 aliphatic carbocycles. The molecule has 0 aromatic carbocycles. The molecule has 0 aliphatic rings. The molecule has 1 atom stereocenters. The quantitative estimate of drug-likeness (QED) is 0.449. The molecule has 5 heteroatoms. The highest BCUT2D eigenvalue weighted by atomic mass is 32.7. The van der Waals surface area contributed by atoms with E-state index in [1.54, 1.807) is 0 Å². The van der Waals surface area contributed by atoms with Gasteiger partial charge in [0.1, 0.15) is 0 Å². The largest absolute Gasteiger partial charge is 0.389 e. The number of hydrogen-bond acceptors (Lipinski definition) is 4.